The van der Waals surface area contributed by atoms with Gasteiger partial charge < -0.3 is 15.5 Å². The zero-order valence-corrected chi connectivity index (χ0v) is 13.8. The lowest BCUT2D eigenvalue weighted by Crippen LogP contribution is -2.36. The maximum Gasteiger partial charge on any atom is 0.336 e. The van der Waals surface area contributed by atoms with E-state index in [0.717, 1.165) is 0 Å². The van der Waals surface area contributed by atoms with Crippen molar-refractivity contribution in [1.82, 2.24) is 5.32 Å². The number of hydrogen-bond donors (Lipinski definition) is 1. The molecule has 1 aliphatic rings. The fraction of sp³-hybridized carbons (Fsp3) is 0.250. The molecule has 1 heterocycles. The number of thiocarbonyl (C=S) groups is 1. The molecule has 0 aliphatic carbocycles. The van der Waals surface area contributed by atoms with Crippen molar-refractivity contribution < 1.29 is 14.5 Å². The lowest BCUT2D eigenvalue weighted by atomic mass is 9.81. The van der Waals surface area contributed by atoms with E-state index in [-0.39, 0.29) is 34.0 Å². The van der Waals surface area contributed by atoms with Crippen molar-refractivity contribution in [2.75, 3.05) is 6.61 Å². The second-order valence-electron chi connectivity index (χ2n) is 4.99. The molecule has 1 atom stereocenters. The highest BCUT2D eigenvalue weighted by Crippen LogP contribution is 2.40. The summed E-state index contributed by atoms with van der Waals surface area (Å²) in [6, 6.07) is 5.97. The lowest BCUT2D eigenvalue weighted by molar-refractivity contribution is -0.385. The van der Waals surface area contributed by atoms with Crippen molar-refractivity contribution in [2.45, 2.75) is 19.8 Å². The minimum Gasteiger partial charge on any atom is -0.763 e. The third-order valence-corrected chi connectivity index (χ3v) is 3.91. The van der Waals surface area contributed by atoms with Gasteiger partial charge in [-0.1, -0.05) is 30.4 Å². The minimum atomic E-state index is -0.940. The summed E-state index contributed by atoms with van der Waals surface area (Å²) >= 11 is 5.17. The van der Waals surface area contributed by atoms with Gasteiger partial charge in [0.25, 0.3) is 5.69 Å². The smallest absolute Gasteiger partial charge is 0.336 e. The van der Waals surface area contributed by atoms with Crippen LogP contribution in [-0.2, 0) is 9.53 Å². The van der Waals surface area contributed by atoms with Gasteiger partial charge in [-0.25, -0.2) is 4.79 Å². The predicted octanol–water partition coefficient (Wildman–Crippen LogP) is 2.61. The van der Waals surface area contributed by atoms with Crippen LogP contribution >= 0.6 is 12.2 Å². The van der Waals surface area contributed by atoms with E-state index < -0.39 is 16.8 Å². The molecule has 0 saturated heterocycles. The van der Waals surface area contributed by atoms with Crippen LogP contribution in [0.1, 0.15) is 25.3 Å². The normalized spacial score (nSPS) is 17.2. The second kappa shape index (κ2) is 7.16. The number of ether oxygens (including phenoxy) is 1. The number of esters is 1. The first-order chi connectivity index (χ1) is 11.4. The molecule has 24 heavy (non-hydrogen) atoms. The monoisotopic (exact) mass is 344 g/mol. The van der Waals surface area contributed by atoms with Gasteiger partial charge in [-0.2, -0.15) is 0 Å². The number of nitro groups is 1. The number of allylic oxidation sites excluding steroid dienone is 1. The molecule has 1 unspecified atom stereocenters. The summed E-state index contributed by atoms with van der Waals surface area (Å²) in [6.07, 6.45) is 0. The number of para-hydroxylation sites is 1. The number of rotatable bonds is 4. The Morgan fingerprint density at radius 3 is 2.75 bits per heavy atom. The van der Waals surface area contributed by atoms with E-state index in [9.17, 15) is 20.3 Å². The highest BCUT2D eigenvalue weighted by Gasteiger charge is 2.37. The van der Waals surface area contributed by atoms with Crippen molar-refractivity contribution in [2.24, 2.45) is 0 Å². The molecular formula is C16H14N3O4S-. The first-order valence-corrected chi connectivity index (χ1v) is 7.52. The largest absolute Gasteiger partial charge is 0.763 e. The highest BCUT2D eigenvalue weighted by atomic mass is 32.1. The molecule has 1 aromatic carbocycles. The summed E-state index contributed by atoms with van der Waals surface area (Å²) in [4.78, 5) is 23.3. The molecule has 124 valence electrons. The van der Waals surface area contributed by atoms with Gasteiger partial charge in [0.1, 0.15) is 4.99 Å². The minimum absolute atomic E-state index is 0.0768. The zero-order chi connectivity index (χ0) is 17.9. The van der Waals surface area contributed by atoms with E-state index in [0.29, 0.717) is 5.70 Å². The maximum absolute atomic E-state index is 12.4. The van der Waals surface area contributed by atoms with E-state index in [2.05, 4.69) is 5.32 Å². The number of carbonyl (C=O) groups is 1. The van der Waals surface area contributed by atoms with Crippen LogP contribution in [0.4, 0.5) is 5.69 Å². The summed E-state index contributed by atoms with van der Waals surface area (Å²) < 4.78 is 5.06. The summed E-state index contributed by atoms with van der Waals surface area (Å²) in [5.41, 5.74) is 0.685. The van der Waals surface area contributed by atoms with Gasteiger partial charge in [-0.05, 0) is 13.8 Å². The third-order valence-electron chi connectivity index (χ3n) is 3.59. The van der Waals surface area contributed by atoms with Crippen LogP contribution < -0.4 is 5.32 Å². The van der Waals surface area contributed by atoms with Gasteiger partial charge in [0.2, 0.25) is 0 Å². The van der Waals surface area contributed by atoms with E-state index in [1.54, 1.807) is 19.9 Å². The first-order valence-electron chi connectivity index (χ1n) is 7.11. The van der Waals surface area contributed by atoms with Crippen molar-refractivity contribution in [1.29, 1.82) is 0 Å². The Morgan fingerprint density at radius 1 is 1.50 bits per heavy atom. The Hall–Kier alpha value is -2.83. The number of nitrogens with one attached hydrogen (secondary N) is 1. The molecular weight excluding hydrogens is 330 g/mol. The molecule has 0 saturated carbocycles. The Labute approximate surface area is 143 Å². The van der Waals surface area contributed by atoms with Gasteiger partial charge in [0.05, 0.1) is 23.0 Å². The van der Waals surface area contributed by atoms with Crippen molar-refractivity contribution in [3.05, 3.63) is 62.2 Å². The average molecular weight is 344 g/mol. The molecule has 0 radical (unpaired) electrons. The molecule has 1 aromatic rings. The van der Waals surface area contributed by atoms with Crippen molar-refractivity contribution in [3.63, 3.8) is 0 Å². The SMILES string of the molecule is CCOC(=O)C1=C(C)NC(=S)C(=C=[N-])C1c1ccccc1[N+](=O)[O-]. The zero-order valence-electron chi connectivity index (χ0n) is 13.0. The predicted molar refractivity (Wildman–Crippen MR) is 92.8 cm³/mol. The maximum atomic E-state index is 12.4. The Morgan fingerprint density at radius 2 is 2.17 bits per heavy atom. The van der Waals surface area contributed by atoms with E-state index >= 15 is 0 Å². The summed E-state index contributed by atoms with van der Waals surface area (Å²) in [6.45, 7) is 3.42. The molecule has 0 fully saturated rings. The standard InChI is InChI=1S/C16H14N3O4S/c1-3-23-16(20)13-9(2)18-15(24)11(8-17)14(13)10-6-4-5-7-12(10)19(21)22/h4-7,14H,3H2,1-2H3,(H,18,24)/q-1. The fourth-order valence-electron chi connectivity index (χ4n) is 2.60. The van der Waals surface area contributed by atoms with Crippen LogP contribution in [0.25, 0.3) is 5.41 Å². The summed E-state index contributed by atoms with van der Waals surface area (Å²) in [5, 5.41) is 23.6. The summed E-state index contributed by atoms with van der Waals surface area (Å²) in [7, 11) is 0. The van der Waals surface area contributed by atoms with Crippen LogP contribution in [-0.4, -0.2) is 28.4 Å². The number of carbonyl (C=O) groups excluding carboxylic acids is 1. The molecule has 8 heteroatoms. The van der Waals surface area contributed by atoms with Gasteiger partial charge in [-0.3, -0.25) is 16.0 Å². The second-order valence-corrected chi connectivity index (χ2v) is 5.40. The number of nitrogens with zero attached hydrogens (tertiary/aromatic N) is 2. The number of hydrogen-bond acceptors (Lipinski definition) is 5. The third kappa shape index (κ3) is 3.10. The topological polar surface area (TPSA) is 104 Å². The quantitative estimate of drug-likeness (QED) is 0.225. The van der Waals surface area contributed by atoms with Crippen LogP contribution in [0, 0.1) is 10.1 Å². The Kier molecular flexibility index (Phi) is 5.23. The van der Waals surface area contributed by atoms with Gasteiger partial charge >= 0.3 is 5.97 Å². The summed E-state index contributed by atoms with van der Waals surface area (Å²) in [5.74, 6) is 0.386. The fourth-order valence-corrected chi connectivity index (χ4v) is 2.92. The van der Waals surface area contributed by atoms with E-state index in [1.807, 2.05) is 5.87 Å². The molecule has 0 spiro atoms. The van der Waals surface area contributed by atoms with Crippen LogP contribution in [0.5, 0.6) is 0 Å². The average Bonchev–Trinajstić information content (AvgIpc) is 2.54. The van der Waals surface area contributed by atoms with Crippen LogP contribution in [0.3, 0.4) is 0 Å². The Balaban J connectivity index is 2.75. The van der Waals surface area contributed by atoms with Gasteiger partial charge in [0.15, 0.2) is 0 Å². The Bertz CT molecular complexity index is 809. The van der Waals surface area contributed by atoms with Crippen LogP contribution in [0.2, 0.25) is 0 Å². The van der Waals surface area contributed by atoms with Crippen molar-refractivity contribution >= 4 is 34.7 Å². The highest BCUT2D eigenvalue weighted by molar-refractivity contribution is 7.80. The molecule has 0 bridgehead atoms. The molecule has 1 aliphatic heterocycles. The van der Waals surface area contributed by atoms with Crippen molar-refractivity contribution in [3.8, 4) is 0 Å². The number of nitro benzene ring substituents is 1. The van der Waals surface area contributed by atoms with Gasteiger partial charge in [0, 0.05) is 22.9 Å². The molecule has 0 aromatic heterocycles. The lowest BCUT2D eigenvalue weighted by Gasteiger charge is -2.30. The molecule has 2 rings (SSSR count). The van der Waals surface area contributed by atoms with Gasteiger partial charge in [-0.15, -0.1) is 0 Å². The molecule has 1 N–H and O–H groups in total. The van der Waals surface area contributed by atoms with E-state index in [4.69, 9.17) is 17.0 Å². The van der Waals surface area contributed by atoms with Crippen LogP contribution in [0.15, 0.2) is 41.1 Å². The molecule has 0 amide bonds. The van der Waals surface area contributed by atoms with E-state index in [1.165, 1.54) is 18.2 Å². The number of benzene rings is 1. The first kappa shape index (κ1) is 17.5. The molecule has 7 nitrogen and oxygen atoms in total.